The SMILES string of the molecule is CCNCc1oc2c(Cl)ccc(Br)c2c1C(C)C. The van der Waals surface area contributed by atoms with E-state index < -0.39 is 0 Å². The number of rotatable bonds is 4. The molecule has 1 heterocycles. The lowest BCUT2D eigenvalue weighted by molar-refractivity contribution is 0.510. The molecule has 0 fully saturated rings. The van der Waals surface area contributed by atoms with Crippen molar-refractivity contribution in [3.63, 3.8) is 0 Å². The summed E-state index contributed by atoms with van der Waals surface area (Å²) >= 11 is 9.81. The molecule has 0 atom stereocenters. The molecule has 0 amide bonds. The fourth-order valence-corrected chi connectivity index (χ4v) is 2.90. The van der Waals surface area contributed by atoms with E-state index >= 15 is 0 Å². The average molecular weight is 331 g/mol. The van der Waals surface area contributed by atoms with Gasteiger partial charge in [-0.25, -0.2) is 0 Å². The topological polar surface area (TPSA) is 25.2 Å². The number of benzene rings is 1. The van der Waals surface area contributed by atoms with Crippen LogP contribution in [0.15, 0.2) is 21.0 Å². The smallest absolute Gasteiger partial charge is 0.154 e. The maximum atomic E-state index is 6.22. The lowest BCUT2D eigenvalue weighted by Gasteiger charge is -2.07. The van der Waals surface area contributed by atoms with Gasteiger partial charge in [-0.05, 0) is 24.6 Å². The molecule has 2 aromatic rings. The van der Waals surface area contributed by atoms with Gasteiger partial charge in [-0.1, -0.05) is 48.3 Å². The van der Waals surface area contributed by atoms with E-state index in [0.717, 1.165) is 34.3 Å². The molecule has 2 rings (SSSR count). The summed E-state index contributed by atoms with van der Waals surface area (Å²) in [4.78, 5) is 0. The molecular formula is C14H17BrClNO. The molecule has 4 heteroatoms. The number of nitrogens with one attached hydrogen (secondary N) is 1. The van der Waals surface area contributed by atoms with Crippen molar-refractivity contribution in [2.75, 3.05) is 6.54 Å². The molecule has 0 aliphatic heterocycles. The lowest BCUT2D eigenvalue weighted by Crippen LogP contribution is -2.12. The molecule has 0 aliphatic carbocycles. The second kappa shape index (κ2) is 5.64. The first kappa shape index (κ1) is 13.9. The molecule has 0 saturated carbocycles. The summed E-state index contributed by atoms with van der Waals surface area (Å²) in [5, 5.41) is 5.07. The first-order chi connectivity index (χ1) is 8.56. The van der Waals surface area contributed by atoms with Gasteiger partial charge >= 0.3 is 0 Å². The highest BCUT2D eigenvalue weighted by atomic mass is 79.9. The number of furan rings is 1. The van der Waals surface area contributed by atoms with Gasteiger partial charge in [-0.3, -0.25) is 0 Å². The molecule has 0 bridgehead atoms. The maximum absolute atomic E-state index is 6.22. The number of halogens is 2. The van der Waals surface area contributed by atoms with Crippen molar-refractivity contribution in [3.8, 4) is 0 Å². The molecular weight excluding hydrogens is 314 g/mol. The van der Waals surface area contributed by atoms with Crippen LogP contribution in [0.3, 0.4) is 0 Å². The van der Waals surface area contributed by atoms with Crippen molar-refractivity contribution in [2.24, 2.45) is 0 Å². The summed E-state index contributed by atoms with van der Waals surface area (Å²) in [7, 11) is 0. The first-order valence-electron chi connectivity index (χ1n) is 6.16. The van der Waals surface area contributed by atoms with Crippen molar-refractivity contribution < 1.29 is 4.42 Å². The quantitative estimate of drug-likeness (QED) is 0.845. The summed E-state index contributed by atoms with van der Waals surface area (Å²) in [6, 6.07) is 3.84. The minimum absolute atomic E-state index is 0.398. The van der Waals surface area contributed by atoms with E-state index in [1.807, 2.05) is 12.1 Å². The zero-order chi connectivity index (χ0) is 13.3. The Balaban J connectivity index is 2.67. The third kappa shape index (κ3) is 2.44. The average Bonchev–Trinajstić information content (AvgIpc) is 2.72. The Morgan fingerprint density at radius 1 is 1.39 bits per heavy atom. The largest absolute Gasteiger partial charge is 0.458 e. The van der Waals surface area contributed by atoms with Gasteiger partial charge in [-0.15, -0.1) is 0 Å². The zero-order valence-electron chi connectivity index (χ0n) is 10.8. The Morgan fingerprint density at radius 2 is 2.11 bits per heavy atom. The first-order valence-corrected chi connectivity index (χ1v) is 7.33. The van der Waals surface area contributed by atoms with Crippen LogP contribution in [0.25, 0.3) is 11.0 Å². The number of hydrogen-bond donors (Lipinski definition) is 1. The fraction of sp³-hybridized carbons (Fsp3) is 0.429. The van der Waals surface area contributed by atoms with Crippen molar-refractivity contribution in [1.29, 1.82) is 0 Å². The fourth-order valence-electron chi connectivity index (χ4n) is 2.18. The van der Waals surface area contributed by atoms with E-state index in [4.69, 9.17) is 16.0 Å². The van der Waals surface area contributed by atoms with Gasteiger partial charge in [0.05, 0.1) is 11.6 Å². The minimum atomic E-state index is 0.398. The molecule has 18 heavy (non-hydrogen) atoms. The van der Waals surface area contributed by atoms with E-state index in [9.17, 15) is 0 Å². The van der Waals surface area contributed by atoms with Gasteiger partial charge in [0.25, 0.3) is 0 Å². The van der Waals surface area contributed by atoms with Crippen LogP contribution in [0.2, 0.25) is 5.02 Å². The highest BCUT2D eigenvalue weighted by Gasteiger charge is 2.20. The van der Waals surface area contributed by atoms with E-state index in [-0.39, 0.29) is 0 Å². The van der Waals surface area contributed by atoms with Crippen LogP contribution >= 0.6 is 27.5 Å². The standard InChI is InChI=1S/C14H17BrClNO/c1-4-17-7-11-12(8(2)3)13-9(15)5-6-10(16)14(13)18-11/h5-6,8,17H,4,7H2,1-3H3. The summed E-state index contributed by atoms with van der Waals surface area (Å²) in [6.07, 6.45) is 0. The molecule has 2 nitrogen and oxygen atoms in total. The van der Waals surface area contributed by atoms with E-state index in [2.05, 4.69) is 42.0 Å². The van der Waals surface area contributed by atoms with Gasteiger partial charge in [0.15, 0.2) is 5.58 Å². The van der Waals surface area contributed by atoms with Crippen LogP contribution in [0, 0.1) is 0 Å². The molecule has 1 aromatic heterocycles. The summed E-state index contributed by atoms with van der Waals surface area (Å²) in [5.41, 5.74) is 2.02. The van der Waals surface area contributed by atoms with Gasteiger partial charge in [0.2, 0.25) is 0 Å². The minimum Gasteiger partial charge on any atom is -0.458 e. The Hall–Kier alpha value is -0.510. The molecule has 0 radical (unpaired) electrons. The molecule has 0 aliphatic rings. The molecule has 0 spiro atoms. The predicted molar refractivity (Wildman–Crippen MR) is 80.4 cm³/mol. The Kier molecular flexibility index (Phi) is 4.36. The number of fused-ring (bicyclic) bond motifs is 1. The van der Waals surface area contributed by atoms with Crippen LogP contribution in [-0.2, 0) is 6.54 Å². The van der Waals surface area contributed by atoms with Crippen LogP contribution in [0.4, 0.5) is 0 Å². The summed E-state index contributed by atoms with van der Waals surface area (Å²) in [6.45, 7) is 8.09. The third-order valence-corrected chi connectivity index (χ3v) is 3.93. The van der Waals surface area contributed by atoms with E-state index in [0.29, 0.717) is 10.9 Å². The van der Waals surface area contributed by atoms with Crippen molar-refractivity contribution in [3.05, 3.63) is 33.0 Å². The van der Waals surface area contributed by atoms with E-state index in [1.165, 1.54) is 5.56 Å². The molecule has 98 valence electrons. The third-order valence-electron chi connectivity index (χ3n) is 2.97. The van der Waals surface area contributed by atoms with Crippen molar-refractivity contribution in [2.45, 2.75) is 33.2 Å². The Labute approximate surface area is 121 Å². The highest BCUT2D eigenvalue weighted by molar-refractivity contribution is 9.10. The molecule has 0 saturated heterocycles. The Morgan fingerprint density at radius 3 is 2.72 bits per heavy atom. The molecule has 1 N–H and O–H groups in total. The van der Waals surface area contributed by atoms with Crippen LogP contribution in [-0.4, -0.2) is 6.54 Å². The lowest BCUT2D eigenvalue weighted by atomic mass is 9.99. The maximum Gasteiger partial charge on any atom is 0.154 e. The summed E-state index contributed by atoms with van der Waals surface area (Å²) in [5.74, 6) is 1.38. The van der Waals surface area contributed by atoms with Crippen molar-refractivity contribution in [1.82, 2.24) is 5.32 Å². The normalized spacial score (nSPS) is 11.7. The highest BCUT2D eigenvalue weighted by Crippen LogP contribution is 2.39. The predicted octanol–water partition coefficient (Wildman–Crippen LogP) is 5.08. The van der Waals surface area contributed by atoms with Crippen LogP contribution in [0.5, 0.6) is 0 Å². The van der Waals surface area contributed by atoms with Gasteiger partial charge < -0.3 is 9.73 Å². The van der Waals surface area contributed by atoms with Crippen LogP contribution < -0.4 is 5.32 Å². The van der Waals surface area contributed by atoms with Gasteiger partial charge in [0.1, 0.15) is 5.76 Å². The van der Waals surface area contributed by atoms with E-state index in [1.54, 1.807) is 0 Å². The second-order valence-electron chi connectivity index (χ2n) is 4.61. The van der Waals surface area contributed by atoms with Crippen molar-refractivity contribution >= 4 is 38.5 Å². The number of hydrogen-bond acceptors (Lipinski definition) is 2. The van der Waals surface area contributed by atoms with Gasteiger partial charge in [-0.2, -0.15) is 0 Å². The Bertz CT molecular complexity index is 562. The second-order valence-corrected chi connectivity index (χ2v) is 5.87. The monoisotopic (exact) mass is 329 g/mol. The summed E-state index contributed by atoms with van der Waals surface area (Å²) < 4.78 is 6.99. The van der Waals surface area contributed by atoms with Crippen LogP contribution in [0.1, 0.15) is 38.0 Å². The zero-order valence-corrected chi connectivity index (χ0v) is 13.2. The molecule has 1 aromatic carbocycles. The van der Waals surface area contributed by atoms with Gasteiger partial charge in [0, 0.05) is 15.4 Å². The molecule has 0 unspecified atom stereocenters.